The third kappa shape index (κ3) is 6.30. The molecule has 166 valence electrons. The fourth-order valence-electron chi connectivity index (χ4n) is 3.01. The first-order valence-electron chi connectivity index (χ1n) is 10.4. The summed E-state index contributed by atoms with van der Waals surface area (Å²) in [6.45, 7) is 0.514. The highest BCUT2D eigenvalue weighted by molar-refractivity contribution is 7.99. The Balaban J connectivity index is 1.23. The molecule has 0 aliphatic rings. The number of hydrogen-bond donors (Lipinski definition) is 1. The minimum absolute atomic E-state index is 0.185. The Kier molecular flexibility index (Phi) is 7.50. The average molecular weight is 458 g/mol. The summed E-state index contributed by atoms with van der Waals surface area (Å²) in [7, 11) is 1.88. The Morgan fingerprint density at radius 1 is 1.00 bits per heavy atom. The highest BCUT2D eigenvalue weighted by atomic mass is 32.2. The van der Waals surface area contributed by atoms with Gasteiger partial charge in [-0.2, -0.15) is 5.10 Å². The van der Waals surface area contributed by atoms with Crippen LogP contribution in [0.2, 0.25) is 0 Å². The van der Waals surface area contributed by atoms with Gasteiger partial charge in [-0.05, 0) is 35.4 Å². The van der Waals surface area contributed by atoms with E-state index in [9.17, 15) is 4.79 Å². The van der Waals surface area contributed by atoms with Crippen molar-refractivity contribution in [1.29, 1.82) is 0 Å². The first-order valence-corrected chi connectivity index (χ1v) is 11.3. The molecule has 0 saturated carbocycles. The van der Waals surface area contributed by atoms with Crippen molar-refractivity contribution in [1.82, 2.24) is 20.2 Å². The number of benzene rings is 3. The summed E-state index contributed by atoms with van der Waals surface area (Å²) >= 11 is 1.31. The molecule has 0 radical (unpaired) electrons. The lowest BCUT2D eigenvalue weighted by Crippen LogP contribution is -2.19. The van der Waals surface area contributed by atoms with Crippen molar-refractivity contribution in [2.75, 3.05) is 5.75 Å². The monoisotopic (exact) mass is 457 g/mol. The van der Waals surface area contributed by atoms with Crippen molar-refractivity contribution in [3.8, 4) is 17.1 Å². The van der Waals surface area contributed by atoms with Crippen LogP contribution in [0.3, 0.4) is 0 Å². The standard InChI is InChI=1S/C25H23N5O2S/c1-30-24(21-10-6-3-7-11-21)28-29-25(30)33-18-23(31)27-26-16-19-12-14-22(15-13-19)32-17-20-8-4-2-5-9-20/h2-16H,17-18H2,1H3,(H,27,31)/b26-16-. The predicted octanol–water partition coefficient (Wildman–Crippen LogP) is 4.30. The Morgan fingerprint density at radius 3 is 2.42 bits per heavy atom. The molecule has 8 heteroatoms. The Labute approximate surface area is 196 Å². The fraction of sp³-hybridized carbons (Fsp3) is 0.120. The van der Waals surface area contributed by atoms with Crippen molar-refractivity contribution in [3.63, 3.8) is 0 Å². The lowest BCUT2D eigenvalue weighted by molar-refractivity contribution is -0.118. The van der Waals surface area contributed by atoms with E-state index in [4.69, 9.17) is 4.74 Å². The summed E-state index contributed by atoms with van der Waals surface area (Å²) in [5.74, 6) is 1.50. The number of rotatable bonds is 9. The van der Waals surface area contributed by atoms with Gasteiger partial charge in [0.2, 0.25) is 0 Å². The first kappa shape index (κ1) is 22.3. The van der Waals surface area contributed by atoms with Crippen molar-refractivity contribution in [3.05, 3.63) is 96.1 Å². The summed E-state index contributed by atoms with van der Waals surface area (Å²) in [6.07, 6.45) is 1.60. The van der Waals surface area contributed by atoms with Crippen LogP contribution in [0.5, 0.6) is 5.75 Å². The minimum atomic E-state index is -0.219. The number of thioether (sulfide) groups is 1. The minimum Gasteiger partial charge on any atom is -0.489 e. The molecule has 1 aromatic heterocycles. The highest BCUT2D eigenvalue weighted by Gasteiger charge is 2.12. The van der Waals surface area contributed by atoms with Gasteiger partial charge in [0.25, 0.3) is 5.91 Å². The molecular formula is C25H23N5O2S. The summed E-state index contributed by atoms with van der Waals surface area (Å²) in [4.78, 5) is 12.1. The number of amides is 1. The molecule has 0 atom stereocenters. The van der Waals surface area contributed by atoms with Crippen LogP contribution in [-0.2, 0) is 18.4 Å². The Hall–Kier alpha value is -3.91. The van der Waals surface area contributed by atoms with Gasteiger partial charge in [-0.1, -0.05) is 72.4 Å². The second kappa shape index (κ2) is 11.1. The molecule has 0 aliphatic heterocycles. The maximum absolute atomic E-state index is 12.1. The van der Waals surface area contributed by atoms with Crippen molar-refractivity contribution >= 4 is 23.9 Å². The number of hydrazone groups is 1. The molecule has 0 bridgehead atoms. The second-order valence-electron chi connectivity index (χ2n) is 7.16. The van der Waals surface area contributed by atoms with Gasteiger partial charge in [0.05, 0.1) is 12.0 Å². The van der Waals surface area contributed by atoms with Crippen LogP contribution in [0.4, 0.5) is 0 Å². The average Bonchev–Trinajstić information content (AvgIpc) is 3.23. The zero-order valence-electron chi connectivity index (χ0n) is 18.1. The number of nitrogens with one attached hydrogen (secondary N) is 1. The fourth-order valence-corrected chi connectivity index (χ4v) is 3.71. The van der Waals surface area contributed by atoms with Gasteiger partial charge in [-0.15, -0.1) is 10.2 Å². The number of nitrogens with zero attached hydrogens (tertiary/aromatic N) is 4. The number of hydrogen-bond acceptors (Lipinski definition) is 6. The van der Waals surface area contributed by atoms with E-state index in [2.05, 4.69) is 20.7 Å². The van der Waals surface area contributed by atoms with E-state index in [0.29, 0.717) is 11.8 Å². The molecule has 0 spiro atoms. The molecule has 4 rings (SSSR count). The normalized spacial score (nSPS) is 10.9. The maximum atomic E-state index is 12.1. The molecule has 1 N–H and O–H groups in total. The third-order valence-corrected chi connectivity index (χ3v) is 5.75. The molecule has 3 aromatic carbocycles. The number of aromatic nitrogens is 3. The molecule has 33 heavy (non-hydrogen) atoms. The largest absolute Gasteiger partial charge is 0.489 e. The van der Waals surface area contributed by atoms with E-state index in [1.807, 2.05) is 96.5 Å². The van der Waals surface area contributed by atoms with E-state index in [-0.39, 0.29) is 11.7 Å². The van der Waals surface area contributed by atoms with E-state index < -0.39 is 0 Å². The van der Waals surface area contributed by atoms with Crippen LogP contribution in [-0.4, -0.2) is 32.6 Å². The topological polar surface area (TPSA) is 81.4 Å². The van der Waals surface area contributed by atoms with Crippen LogP contribution < -0.4 is 10.2 Å². The molecule has 0 fully saturated rings. The molecule has 1 amide bonds. The van der Waals surface area contributed by atoms with E-state index in [1.54, 1.807) is 6.21 Å². The summed E-state index contributed by atoms with van der Waals surface area (Å²) in [5.41, 5.74) is 5.49. The van der Waals surface area contributed by atoms with Crippen LogP contribution in [0.25, 0.3) is 11.4 Å². The molecule has 4 aromatic rings. The van der Waals surface area contributed by atoms with Crippen LogP contribution in [0.15, 0.2) is 95.2 Å². The lowest BCUT2D eigenvalue weighted by Gasteiger charge is -2.06. The van der Waals surface area contributed by atoms with Crippen molar-refractivity contribution in [2.45, 2.75) is 11.8 Å². The lowest BCUT2D eigenvalue weighted by atomic mass is 10.2. The molecule has 0 unspecified atom stereocenters. The van der Waals surface area contributed by atoms with Gasteiger partial charge in [0.15, 0.2) is 11.0 Å². The zero-order valence-corrected chi connectivity index (χ0v) is 18.9. The quantitative estimate of drug-likeness (QED) is 0.230. The summed E-state index contributed by atoms with van der Waals surface area (Å²) < 4.78 is 7.65. The van der Waals surface area contributed by atoms with Gasteiger partial charge < -0.3 is 9.30 Å². The molecule has 0 saturated heterocycles. The molecule has 1 heterocycles. The third-order valence-electron chi connectivity index (χ3n) is 4.73. The number of carbonyl (C=O) groups excluding carboxylic acids is 1. The number of ether oxygens (including phenoxy) is 1. The SMILES string of the molecule is Cn1c(SCC(=O)N/N=C\c2ccc(OCc3ccccc3)cc2)nnc1-c1ccccc1. The van der Waals surface area contributed by atoms with Gasteiger partial charge in [0.1, 0.15) is 12.4 Å². The maximum Gasteiger partial charge on any atom is 0.250 e. The van der Waals surface area contributed by atoms with Gasteiger partial charge in [-0.25, -0.2) is 5.43 Å². The van der Waals surface area contributed by atoms with Crippen molar-refractivity contribution < 1.29 is 9.53 Å². The van der Waals surface area contributed by atoms with E-state index in [0.717, 1.165) is 28.3 Å². The smallest absolute Gasteiger partial charge is 0.250 e. The summed E-state index contributed by atoms with van der Waals surface area (Å²) in [5, 5.41) is 13.1. The van der Waals surface area contributed by atoms with Gasteiger partial charge in [0, 0.05) is 12.6 Å². The van der Waals surface area contributed by atoms with Crippen LogP contribution in [0.1, 0.15) is 11.1 Å². The van der Waals surface area contributed by atoms with E-state index >= 15 is 0 Å². The summed E-state index contributed by atoms with van der Waals surface area (Å²) in [6, 6.07) is 27.3. The van der Waals surface area contributed by atoms with Gasteiger partial charge in [-0.3, -0.25) is 4.79 Å². The predicted molar refractivity (Wildman–Crippen MR) is 130 cm³/mol. The first-order chi connectivity index (χ1) is 16.2. The molecule has 7 nitrogen and oxygen atoms in total. The molecular weight excluding hydrogens is 434 g/mol. The van der Waals surface area contributed by atoms with Gasteiger partial charge >= 0.3 is 0 Å². The van der Waals surface area contributed by atoms with Crippen molar-refractivity contribution in [2.24, 2.45) is 12.1 Å². The van der Waals surface area contributed by atoms with E-state index in [1.165, 1.54) is 11.8 Å². The Morgan fingerprint density at radius 2 is 1.70 bits per heavy atom. The second-order valence-corrected chi connectivity index (χ2v) is 8.10. The zero-order chi connectivity index (χ0) is 22.9. The number of carbonyl (C=O) groups is 1. The molecule has 0 aliphatic carbocycles. The van der Waals surface area contributed by atoms with Crippen LogP contribution >= 0.6 is 11.8 Å². The Bertz CT molecular complexity index is 1210. The highest BCUT2D eigenvalue weighted by Crippen LogP contribution is 2.22. The van der Waals surface area contributed by atoms with Crippen LogP contribution in [0, 0.1) is 0 Å².